The monoisotopic (exact) mass is 114 g/mol. The first-order valence-electron chi connectivity index (χ1n) is 2.22. The molecule has 4 N–H and O–H groups in total. The minimum Gasteiger partial charge on any atom is -0.843 e. The average Bonchev–Trinajstić information content (AvgIpc) is 1.83. The number of carbonyl (C=O) groups excluding carboxylic acids is 1. The van der Waals surface area contributed by atoms with Gasteiger partial charge in [-0.05, 0) is 6.10 Å². The summed E-state index contributed by atoms with van der Waals surface area (Å²) >= 11 is 0. The topological polar surface area (TPSA) is 91.7 Å². The average molecular weight is 114 g/mol. The van der Waals surface area contributed by atoms with Crippen molar-refractivity contribution in [2.24, 2.45) is 5.73 Å². The van der Waals surface area contributed by atoms with E-state index in [0.29, 0.717) is 0 Å². The second-order valence-corrected chi connectivity index (χ2v) is 1.77. The van der Waals surface area contributed by atoms with Gasteiger partial charge >= 0.3 is 0 Å². The van der Waals surface area contributed by atoms with Gasteiger partial charge in [0.25, 0.3) is 0 Å². The Kier molecular flexibility index (Phi) is 0.922. The van der Waals surface area contributed by atoms with E-state index in [0.717, 1.165) is 0 Å². The molecule has 4 nitrogen and oxygen atoms in total. The molecule has 1 aliphatic rings. The summed E-state index contributed by atoms with van der Waals surface area (Å²) in [6.07, 6.45) is -1.15. The number of hydrogen-bond donors (Lipinski definition) is 2. The molecule has 1 fully saturated rings. The van der Waals surface area contributed by atoms with E-state index in [4.69, 9.17) is 11.1 Å². The highest BCUT2D eigenvalue weighted by molar-refractivity contribution is 6.48. The van der Waals surface area contributed by atoms with Crippen molar-refractivity contribution in [3.8, 4) is 0 Å². The lowest BCUT2D eigenvalue weighted by Gasteiger charge is -2.33. The molecule has 0 heterocycles. The molecule has 1 aliphatic carbocycles. The fourth-order valence-corrected chi connectivity index (χ4v) is 0.567. The lowest BCUT2D eigenvalue weighted by Crippen LogP contribution is -2.76. The third-order valence-electron chi connectivity index (χ3n) is 1.22. The van der Waals surface area contributed by atoms with Crippen molar-refractivity contribution in [3.63, 3.8) is 0 Å². The Morgan fingerprint density at radius 1 is 1.75 bits per heavy atom. The summed E-state index contributed by atoms with van der Waals surface area (Å²) in [6.45, 7) is 0. The Morgan fingerprint density at radius 3 is 2.38 bits per heavy atom. The second-order valence-electron chi connectivity index (χ2n) is 1.77. The number of ketones is 1. The van der Waals surface area contributed by atoms with Gasteiger partial charge in [-0.3, -0.25) is 10.2 Å². The summed E-state index contributed by atoms with van der Waals surface area (Å²) < 4.78 is 0. The van der Waals surface area contributed by atoms with Crippen molar-refractivity contribution >= 4 is 11.5 Å². The Bertz CT molecular complexity index is 136. The van der Waals surface area contributed by atoms with Crippen LogP contribution in [0.4, 0.5) is 0 Å². The molecule has 1 rings (SSSR count). The molecule has 0 spiro atoms. The van der Waals surface area contributed by atoms with Crippen LogP contribution in [0.1, 0.15) is 0 Å². The normalized spacial score (nSPS) is 37.2. The van der Waals surface area contributed by atoms with Crippen molar-refractivity contribution < 1.29 is 15.3 Å². The molecular formula is C4H6N2O2. The summed E-state index contributed by atoms with van der Waals surface area (Å²) in [5, 5.41) is 15.3. The third kappa shape index (κ3) is 0.410. The van der Waals surface area contributed by atoms with Crippen LogP contribution in [-0.2, 0) is 4.79 Å². The Labute approximate surface area is 45.8 Å². The van der Waals surface area contributed by atoms with E-state index in [2.05, 4.69) is 0 Å². The zero-order valence-electron chi connectivity index (χ0n) is 4.13. The minimum absolute atomic E-state index is 0.127. The lowest BCUT2D eigenvalue weighted by atomic mass is 9.86. The van der Waals surface area contributed by atoms with Crippen molar-refractivity contribution in [1.82, 2.24) is 0 Å². The van der Waals surface area contributed by atoms with Crippen LogP contribution in [0.3, 0.4) is 0 Å². The van der Waals surface area contributed by atoms with E-state index in [1.54, 1.807) is 0 Å². The molecule has 0 aromatic carbocycles. The van der Waals surface area contributed by atoms with E-state index in [9.17, 15) is 9.90 Å². The molecule has 0 radical (unpaired) electrons. The SMILES string of the molecule is NC1C(=O)C(=[NH2+])C1[O-]. The van der Waals surface area contributed by atoms with Gasteiger partial charge in [-0.2, -0.15) is 0 Å². The van der Waals surface area contributed by atoms with E-state index in [1.807, 2.05) is 0 Å². The summed E-state index contributed by atoms with van der Waals surface area (Å²) in [4.78, 5) is 10.3. The fourth-order valence-electron chi connectivity index (χ4n) is 0.567. The molecule has 44 valence electrons. The van der Waals surface area contributed by atoms with Crippen LogP contribution < -0.4 is 16.2 Å². The lowest BCUT2D eigenvalue weighted by molar-refractivity contribution is -0.409. The van der Waals surface area contributed by atoms with Crippen LogP contribution in [0, 0.1) is 0 Å². The molecule has 2 unspecified atom stereocenters. The van der Waals surface area contributed by atoms with Gasteiger partial charge < -0.3 is 10.8 Å². The molecule has 2 atom stereocenters. The third-order valence-corrected chi connectivity index (χ3v) is 1.22. The maximum atomic E-state index is 10.3. The molecule has 8 heavy (non-hydrogen) atoms. The standard InChI is InChI=1S/C4H5N2O2/c5-1-3(7)2(6)4(1)8/h1,3,6H,5H2/q-1/p+1. The summed E-state index contributed by atoms with van der Waals surface area (Å²) in [6, 6.07) is -0.880. The van der Waals surface area contributed by atoms with Gasteiger partial charge in [-0.15, -0.1) is 0 Å². The number of rotatable bonds is 0. The van der Waals surface area contributed by atoms with E-state index >= 15 is 0 Å². The zero-order chi connectivity index (χ0) is 6.31. The second kappa shape index (κ2) is 1.37. The van der Waals surface area contributed by atoms with Crippen LogP contribution in [0.25, 0.3) is 0 Å². The van der Waals surface area contributed by atoms with Crippen LogP contribution in [0.2, 0.25) is 0 Å². The molecule has 0 aromatic rings. The maximum absolute atomic E-state index is 10.3. The van der Waals surface area contributed by atoms with E-state index in [1.165, 1.54) is 0 Å². The van der Waals surface area contributed by atoms with Crippen molar-refractivity contribution in [2.75, 3.05) is 0 Å². The Balaban J connectivity index is 2.68. The highest BCUT2D eigenvalue weighted by atomic mass is 16.3. The van der Waals surface area contributed by atoms with E-state index < -0.39 is 17.9 Å². The molecule has 1 saturated carbocycles. The highest BCUT2D eigenvalue weighted by Crippen LogP contribution is 2.02. The van der Waals surface area contributed by atoms with Crippen LogP contribution in [0.15, 0.2) is 0 Å². The first kappa shape index (κ1) is 5.40. The van der Waals surface area contributed by atoms with Gasteiger partial charge in [-0.25, -0.2) is 0 Å². The molecular weight excluding hydrogens is 108 g/mol. The summed E-state index contributed by atoms with van der Waals surface area (Å²) in [5.74, 6) is -0.398. The number of hydrogen-bond acceptors (Lipinski definition) is 3. The molecule has 0 amide bonds. The maximum Gasteiger partial charge on any atom is 0.236 e. The van der Waals surface area contributed by atoms with Crippen molar-refractivity contribution in [2.45, 2.75) is 12.1 Å². The summed E-state index contributed by atoms with van der Waals surface area (Å²) in [5.41, 5.74) is 4.87. The number of carbonyl (C=O) groups is 1. The molecule has 0 aromatic heterocycles. The molecule has 0 aliphatic heterocycles. The first-order valence-corrected chi connectivity index (χ1v) is 2.22. The smallest absolute Gasteiger partial charge is 0.236 e. The Morgan fingerprint density at radius 2 is 2.25 bits per heavy atom. The van der Waals surface area contributed by atoms with Gasteiger partial charge in [0.1, 0.15) is 0 Å². The largest absolute Gasteiger partial charge is 0.843 e. The first-order chi connectivity index (χ1) is 3.64. The minimum atomic E-state index is -1.15. The zero-order valence-corrected chi connectivity index (χ0v) is 4.13. The van der Waals surface area contributed by atoms with Gasteiger partial charge in [-0.1, -0.05) is 0 Å². The van der Waals surface area contributed by atoms with Crippen LogP contribution in [-0.4, -0.2) is 23.6 Å². The van der Waals surface area contributed by atoms with Gasteiger partial charge in [0.15, 0.2) is 0 Å². The number of Topliss-reactive ketones (excluding diaryl/α,β-unsaturated/α-hetero) is 1. The van der Waals surface area contributed by atoms with Crippen molar-refractivity contribution in [3.05, 3.63) is 0 Å². The molecule has 4 heteroatoms. The molecule has 0 saturated heterocycles. The Hall–Kier alpha value is -0.740. The van der Waals surface area contributed by atoms with Gasteiger partial charge in [0, 0.05) is 0 Å². The van der Waals surface area contributed by atoms with Crippen LogP contribution >= 0.6 is 0 Å². The van der Waals surface area contributed by atoms with Crippen LogP contribution in [0.5, 0.6) is 0 Å². The van der Waals surface area contributed by atoms with Gasteiger partial charge in [0.05, 0.1) is 6.04 Å². The predicted molar refractivity (Wildman–Crippen MR) is 23.7 cm³/mol. The molecule has 0 bridgehead atoms. The predicted octanol–water partition coefficient (Wildman–Crippen LogP) is -4.17. The number of nitrogens with two attached hydrogens (primary N) is 2. The van der Waals surface area contributed by atoms with Gasteiger partial charge in [0.2, 0.25) is 11.5 Å². The fraction of sp³-hybridized carbons (Fsp3) is 0.500. The van der Waals surface area contributed by atoms with Crippen molar-refractivity contribution in [1.29, 1.82) is 0 Å². The highest BCUT2D eigenvalue weighted by Gasteiger charge is 2.39. The van der Waals surface area contributed by atoms with E-state index in [-0.39, 0.29) is 5.71 Å². The quantitative estimate of drug-likeness (QED) is 0.334. The summed E-state index contributed by atoms with van der Waals surface area (Å²) in [7, 11) is 0.